The number of aromatic hydroxyl groups is 4. The van der Waals surface area contributed by atoms with Gasteiger partial charge in [-0.3, -0.25) is 10.5 Å². The summed E-state index contributed by atoms with van der Waals surface area (Å²) in [5.74, 6) is -4.37. The molecule has 0 aliphatic heterocycles. The predicted molar refractivity (Wildman–Crippen MR) is 95.6 cm³/mol. The van der Waals surface area contributed by atoms with Crippen LogP contribution in [0.4, 0.5) is 0 Å². The number of hydrogen-bond donors (Lipinski definition) is 7. The third kappa shape index (κ3) is 4.81. The summed E-state index contributed by atoms with van der Waals surface area (Å²) in [4.78, 5) is 23.8. The fraction of sp³-hybridized carbons (Fsp3) is 0.222. The number of ether oxygens (including phenoxy) is 1. The molecule has 10 heteroatoms. The number of phenols is 4. The Morgan fingerprint density at radius 3 is 1.93 bits per heavy atom. The molecule has 2 rings (SSSR count). The maximum atomic E-state index is 12.2. The summed E-state index contributed by atoms with van der Waals surface area (Å²) in [5.41, 5.74) is 9.60. The number of carboxylic acids is 1. The van der Waals surface area contributed by atoms with Gasteiger partial charge in [-0.25, -0.2) is 4.79 Å². The Morgan fingerprint density at radius 1 is 0.929 bits per heavy atom. The van der Waals surface area contributed by atoms with E-state index < -0.39 is 47.4 Å². The van der Waals surface area contributed by atoms with Gasteiger partial charge in [0.2, 0.25) is 0 Å². The zero-order valence-corrected chi connectivity index (χ0v) is 14.6. The first kappa shape index (κ1) is 20.8. The molecule has 0 heterocycles. The topological polar surface area (TPSA) is 197 Å². The summed E-state index contributed by atoms with van der Waals surface area (Å²) in [6.45, 7) is 0. The van der Waals surface area contributed by atoms with Crippen molar-refractivity contribution in [3.63, 3.8) is 0 Å². The highest BCUT2D eigenvalue weighted by atomic mass is 16.6. The Balaban J connectivity index is 2.12. The third-order valence-corrected chi connectivity index (χ3v) is 3.95. The molecule has 0 bridgehead atoms. The first-order valence-electron chi connectivity index (χ1n) is 8.04. The van der Waals surface area contributed by atoms with E-state index in [1.54, 1.807) is 0 Å². The number of carbonyl (C=O) groups excluding carboxylic acids is 1. The van der Waals surface area contributed by atoms with Crippen molar-refractivity contribution in [3.8, 4) is 23.0 Å². The predicted octanol–water partition coefficient (Wildman–Crippen LogP) is -0.0957. The molecular formula is C18H20N2O8. The van der Waals surface area contributed by atoms with Gasteiger partial charge in [-0.15, -0.1) is 0 Å². The van der Waals surface area contributed by atoms with E-state index in [0.29, 0.717) is 5.56 Å². The molecule has 28 heavy (non-hydrogen) atoms. The molecule has 10 nitrogen and oxygen atoms in total. The van der Waals surface area contributed by atoms with Crippen LogP contribution >= 0.6 is 0 Å². The minimum absolute atomic E-state index is 0.109. The van der Waals surface area contributed by atoms with Gasteiger partial charge in [0.1, 0.15) is 6.04 Å². The van der Waals surface area contributed by atoms with Gasteiger partial charge >= 0.3 is 11.9 Å². The Hall–Kier alpha value is -3.50. The summed E-state index contributed by atoms with van der Waals surface area (Å²) in [5, 5.41) is 47.0. The number of aliphatic carboxylic acids is 1. The lowest BCUT2D eigenvalue weighted by atomic mass is 10.0. The number of benzene rings is 2. The molecule has 0 spiro atoms. The van der Waals surface area contributed by atoms with Crippen molar-refractivity contribution in [1.82, 2.24) is 0 Å². The van der Waals surface area contributed by atoms with Crippen LogP contribution in [0.25, 0.3) is 0 Å². The molecule has 0 fully saturated rings. The van der Waals surface area contributed by atoms with Crippen molar-refractivity contribution in [3.05, 3.63) is 47.5 Å². The normalized spacial score (nSPS) is 14.1. The van der Waals surface area contributed by atoms with Crippen LogP contribution in [0, 0.1) is 0 Å². The van der Waals surface area contributed by atoms with Crippen molar-refractivity contribution in [1.29, 1.82) is 0 Å². The van der Waals surface area contributed by atoms with E-state index in [1.165, 1.54) is 24.3 Å². The highest BCUT2D eigenvalue weighted by Crippen LogP contribution is 2.27. The number of phenolic OH excluding ortho intramolecular Hbond substituents is 4. The molecule has 150 valence electrons. The second kappa shape index (κ2) is 8.03. The largest absolute Gasteiger partial charge is 0.504 e. The van der Waals surface area contributed by atoms with Gasteiger partial charge in [0.15, 0.2) is 23.0 Å². The lowest BCUT2D eigenvalue weighted by molar-refractivity contribution is -0.179. The number of hydrogen-bond acceptors (Lipinski definition) is 9. The Bertz CT molecular complexity index is 901. The van der Waals surface area contributed by atoms with Crippen molar-refractivity contribution >= 4 is 11.9 Å². The first-order chi connectivity index (χ1) is 13.0. The highest BCUT2D eigenvalue weighted by Gasteiger charge is 2.40. The standard InChI is InChI=1S/C18H20N2O8/c19-11(5-9-1-3-12(21)14(23)6-9)16(25)28-18(20,17(26)27)8-10-2-4-13(22)15(24)7-10/h1-4,6-7,11,21-24H,5,8,19-20H2,(H,26,27)/t11-,18-/m0/s1. The second-order valence-electron chi connectivity index (χ2n) is 6.25. The molecule has 0 unspecified atom stereocenters. The number of carbonyl (C=O) groups is 2. The van der Waals surface area contributed by atoms with E-state index in [4.69, 9.17) is 16.2 Å². The quantitative estimate of drug-likeness (QED) is 0.190. The maximum absolute atomic E-state index is 12.2. The molecule has 0 radical (unpaired) electrons. The van der Waals surface area contributed by atoms with E-state index in [0.717, 1.165) is 12.1 Å². The average molecular weight is 392 g/mol. The van der Waals surface area contributed by atoms with Crippen molar-refractivity contribution in [2.24, 2.45) is 11.5 Å². The van der Waals surface area contributed by atoms with Gasteiger partial charge in [0.05, 0.1) is 0 Å². The van der Waals surface area contributed by atoms with Crippen molar-refractivity contribution in [2.45, 2.75) is 24.6 Å². The zero-order valence-electron chi connectivity index (χ0n) is 14.6. The lowest BCUT2D eigenvalue weighted by Crippen LogP contribution is -2.55. The molecule has 0 aliphatic rings. The molecule has 0 amide bonds. The number of rotatable bonds is 7. The van der Waals surface area contributed by atoms with Crippen molar-refractivity contribution < 1.29 is 39.9 Å². The molecule has 2 aromatic rings. The minimum Gasteiger partial charge on any atom is -0.504 e. The smallest absolute Gasteiger partial charge is 0.364 e. The SMILES string of the molecule is N[C@@H](Cc1ccc(O)c(O)c1)C(=O)O[C@@](N)(Cc1ccc(O)c(O)c1)C(=O)O. The summed E-state index contributed by atoms with van der Waals surface area (Å²) in [6, 6.07) is 6.09. The monoisotopic (exact) mass is 392 g/mol. The first-order valence-corrected chi connectivity index (χ1v) is 8.04. The molecule has 0 saturated carbocycles. The van der Waals surface area contributed by atoms with Crippen molar-refractivity contribution in [2.75, 3.05) is 0 Å². The second-order valence-corrected chi connectivity index (χ2v) is 6.25. The van der Waals surface area contributed by atoms with Crippen LogP contribution < -0.4 is 11.5 Å². The minimum atomic E-state index is -2.46. The van der Waals surface area contributed by atoms with E-state index >= 15 is 0 Å². The molecule has 2 aromatic carbocycles. The molecule has 2 atom stereocenters. The Kier molecular flexibility index (Phi) is 5.96. The maximum Gasteiger partial charge on any atom is 0.364 e. The number of nitrogens with two attached hydrogens (primary N) is 2. The Labute approximate surface area is 159 Å². The van der Waals surface area contributed by atoms with Crippen LogP contribution in [0.2, 0.25) is 0 Å². The van der Waals surface area contributed by atoms with Crippen LogP contribution in [0.5, 0.6) is 23.0 Å². The molecule has 0 saturated heterocycles. The molecule has 9 N–H and O–H groups in total. The van der Waals surface area contributed by atoms with Gasteiger partial charge in [-0.1, -0.05) is 12.1 Å². The molecule has 0 aromatic heterocycles. The number of carboxylic acid groups (broad SMARTS) is 1. The number of esters is 1. The lowest BCUT2D eigenvalue weighted by Gasteiger charge is -2.26. The van der Waals surface area contributed by atoms with Crippen LogP contribution in [0.15, 0.2) is 36.4 Å². The van der Waals surface area contributed by atoms with Gasteiger partial charge in [-0.2, -0.15) is 0 Å². The summed E-state index contributed by atoms with van der Waals surface area (Å²) in [7, 11) is 0. The van der Waals surface area contributed by atoms with Crippen LogP contribution in [-0.4, -0.2) is 49.2 Å². The third-order valence-electron chi connectivity index (χ3n) is 3.95. The fourth-order valence-corrected chi connectivity index (χ4v) is 2.43. The van der Waals surface area contributed by atoms with E-state index in [2.05, 4.69) is 0 Å². The van der Waals surface area contributed by atoms with Gasteiger partial charge < -0.3 is 36.0 Å². The van der Waals surface area contributed by atoms with E-state index in [-0.39, 0.29) is 17.7 Å². The zero-order chi connectivity index (χ0) is 21.1. The average Bonchev–Trinajstić information content (AvgIpc) is 2.61. The van der Waals surface area contributed by atoms with Gasteiger partial charge in [0.25, 0.3) is 5.72 Å². The van der Waals surface area contributed by atoms with Crippen LogP contribution in [-0.2, 0) is 27.2 Å². The van der Waals surface area contributed by atoms with Gasteiger partial charge in [-0.05, 0) is 41.8 Å². The summed E-state index contributed by atoms with van der Waals surface area (Å²) >= 11 is 0. The van der Waals surface area contributed by atoms with Gasteiger partial charge in [0, 0.05) is 6.42 Å². The van der Waals surface area contributed by atoms with E-state index in [9.17, 15) is 35.1 Å². The summed E-state index contributed by atoms with van der Waals surface area (Å²) in [6.07, 6.45) is -0.600. The fourth-order valence-electron chi connectivity index (χ4n) is 2.43. The molecular weight excluding hydrogens is 372 g/mol. The van der Waals surface area contributed by atoms with Crippen LogP contribution in [0.1, 0.15) is 11.1 Å². The highest BCUT2D eigenvalue weighted by molar-refractivity contribution is 5.84. The summed E-state index contributed by atoms with van der Waals surface area (Å²) < 4.78 is 4.92. The van der Waals surface area contributed by atoms with Crippen LogP contribution in [0.3, 0.4) is 0 Å². The Morgan fingerprint density at radius 2 is 1.43 bits per heavy atom. The van der Waals surface area contributed by atoms with E-state index in [1.807, 2.05) is 0 Å². The molecule has 0 aliphatic carbocycles.